The fourth-order valence-corrected chi connectivity index (χ4v) is 5.55. The van der Waals surface area contributed by atoms with Crippen molar-refractivity contribution >= 4 is 33.3 Å². The van der Waals surface area contributed by atoms with Gasteiger partial charge in [0.15, 0.2) is 0 Å². The molecule has 4 aromatic carbocycles. The van der Waals surface area contributed by atoms with Crippen molar-refractivity contribution in [2.45, 2.75) is 33.1 Å². The number of pyridine rings is 1. The SMILES string of the molecule is Cc1c2cccc1-c1cc3c(cc1Nc1ccc(-c4cc(C(C)(C)C)ccn4)cc1-2)oc1ccccc13. The van der Waals surface area contributed by atoms with Gasteiger partial charge >= 0.3 is 0 Å². The summed E-state index contributed by atoms with van der Waals surface area (Å²) in [7, 11) is 0. The highest BCUT2D eigenvalue weighted by molar-refractivity contribution is 6.09. The maximum atomic E-state index is 6.23. The molecule has 1 N–H and O–H groups in total. The van der Waals surface area contributed by atoms with E-state index in [0.29, 0.717) is 0 Å². The van der Waals surface area contributed by atoms with Gasteiger partial charge in [0.25, 0.3) is 0 Å². The van der Waals surface area contributed by atoms with Crippen LogP contribution in [0, 0.1) is 6.92 Å². The Balaban J connectivity index is 1.44. The molecular formula is C34H28N2O. The van der Waals surface area contributed by atoms with Gasteiger partial charge < -0.3 is 9.73 Å². The minimum absolute atomic E-state index is 0.0689. The van der Waals surface area contributed by atoms with E-state index in [0.717, 1.165) is 44.6 Å². The smallest absolute Gasteiger partial charge is 0.137 e. The Hall–Kier alpha value is -4.37. The number of rotatable bonds is 1. The lowest BCUT2D eigenvalue weighted by Crippen LogP contribution is -2.11. The molecule has 3 heterocycles. The molecule has 0 fully saturated rings. The molecule has 2 aromatic heterocycles. The van der Waals surface area contributed by atoms with Crippen LogP contribution >= 0.6 is 0 Å². The number of hydrogen-bond acceptors (Lipinski definition) is 3. The van der Waals surface area contributed by atoms with E-state index in [2.05, 4.69) is 106 Å². The van der Waals surface area contributed by atoms with Gasteiger partial charge in [0, 0.05) is 45.4 Å². The summed E-state index contributed by atoms with van der Waals surface area (Å²) < 4.78 is 6.23. The molecule has 0 unspecified atom stereocenters. The molecule has 0 atom stereocenters. The average molecular weight is 481 g/mol. The number of furan rings is 1. The van der Waals surface area contributed by atoms with E-state index in [1.54, 1.807) is 0 Å². The van der Waals surface area contributed by atoms with Gasteiger partial charge in [-0.2, -0.15) is 0 Å². The summed E-state index contributed by atoms with van der Waals surface area (Å²) in [6.45, 7) is 8.94. The van der Waals surface area contributed by atoms with Crippen LogP contribution < -0.4 is 5.32 Å². The second-order valence-corrected chi connectivity index (χ2v) is 11.0. The zero-order valence-electron chi connectivity index (χ0n) is 21.5. The number of benzene rings is 4. The predicted octanol–water partition coefficient (Wildman–Crippen LogP) is 9.64. The van der Waals surface area contributed by atoms with Crippen molar-refractivity contribution in [2.75, 3.05) is 5.32 Å². The Kier molecular flexibility index (Phi) is 4.62. The van der Waals surface area contributed by atoms with Crippen LogP contribution in [0.25, 0.3) is 55.4 Å². The molecule has 0 saturated carbocycles. The van der Waals surface area contributed by atoms with E-state index < -0.39 is 0 Å². The molecule has 6 aromatic rings. The topological polar surface area (TPSA) is 38.1 Å². The van der Waals surface area contributed by atoms with Crippen molar-refractivity contribution in [3.05, 3.63) is 102 Å². The largest absolute Gasteiger partial charge is 0.456 e. The Morgan fingerprint density at radius 1 is 0.676 bits per heavy atom. The molecule has 1 aliphatic heterocycles. The first-order chi connectivity index (χ1) is 17.9. The fraction of sp³-hybridized carbons (Fsp3) is 0.147. The lowest BCUT2D eigenvalue weighted by Gasteiger charge is -2.23. The maximum Gasteiger partial charge on any atom is 0.137 e. The minimum atomic E-state index is 0.0689. The molecule has 0 saturated heterocycles. The van der Waals surface area contributed by atoms with Crippen LogP contribution in [-0.4, -0.2) is 4.98 Å². The molecule has 0 aliphatic carbocycles. The van der Waals surface area contributed by atoms with E-state index in [-0.39, 0.29) is 5.41 Å². The third-order valence-corrected chi connectivity index (χ3v) is 7.64. The van der Waals surface area contributed by atoms with Crippen LogP contribution in [0.2, 0.25) is 0 Å². The van der Waals surface area contributed by atoms with Crippen molar-refractivity contribution < 1.29 is 4.42 Å². The van der Waals surface area contributed by atoms with Gasteiger partial charge in [-0.3, -0.25) is 4.98 Å². The van der Waals surface area contributed by atoms with Gasteiger partial charge in [-0.1, -0.05) is 63.2 Å². The number of aromatic nitrogens is 1. The number of nitrogens with one attached hydrogen (secondary N) is 1. The number of para-hydroxylation sites is 1. The summed E-state index contributed by atoms with van der Waals surface area (Å²) in [5, 5.41) is 6.04. The Labute approximate surface area is 216 Å². The van der Waals surface area contributed by atoms with Crippen LogP contribution in [0.3, 0.4) is 0 Å². The Morgan fingerprint density at radius 3 is 2.27 bits per heavy atom. The molecule has 2 bridgehead atoms. The van der Waals surface area contributed by atoms with E-state index >= 15 is 0 Å². The highest BCUT2D eigenvalue weighted by Crippen LogP contribution is 2.46. The predicted molar refractivity (Wildman–Crippen MR) is 155 cm³/mol. The van der Waals surface area contributed by atoms with Crippen LogP contribution in [0.15, 0.2) is 95.5 Å². The third kappa shape index (κ3) is 3.46. The Morgan fingerprint density at radius 2 is 1.46 bits per heavy atom. The molecule has 3 nitrogen and oxygen atoms in total. The van der Waals surface area contributed by atoms with Crippen LogP contribution in [-0.2, 0) is 5.41 Å². The zero-order valence-corrected chi connectivity index (χ0v) is 21.5. The van der Waals surface area contributed by atoms with Crippen molar-refractivity contribution in [2.24, 2.45) is 0 Å². The van der Waals surface area contributed by atoms with Gasteiger partial charge in [0.05, 0.1) is 11.4 Å². The number of nitrogens with zero attached hydrogens (tertiary/aromatic N) is 1. The van der Waals surface area contributed by atoms with Crippen molar-refractivity contribution in [1.82, 2.24) is 4.98 Å². The van der Waals surface area contributed by atoms with Crippen LogP contribution in [0.5, 0.6) is 0 Å². The first-order valence-corrected chi connectivity index (χ1v) is 12.8. The number of anilines is 2. The minimum Gasteiger partial charge on any atom is -0.456 e. The second kappa shape index (κ2) is 7.81. The first-order valence-electron chi connectivity index (χ1n) is 12.8. The number of hydrogen-bond donors (Lipinski definition) is 1. The molecule has 1 aliphatic rings. The summed E-state index contributed by atoms with van der Waals surface area (Å²) in [5.74, 6) is 0. The molecule has 180 valence electrons. The summed E-state index contributed by atoms with van der Waals surface area (Å²) in [6.07, 6.45) is 1.92. The normalized spacial score (nSPS) is 12.5. The third-order valence-electron chi connectivity index (χ3n) is 7.64. The van der Waals surface area contributed by atoms with Crippen LogP contribution in [0.1, 0.15) is 31.9 Å². The van der Waals surface area contributed by atoms with Gasteiger partial charge in [-0.15, -0.1) is 0 Å². The van der Waals surface area contributed by atoms with Crippen molar-refractivity contribution in [1.29, 1.82) is 0 Å². The highest BCUT2D eigenvalue weighted by atomic mass is 16.3. The summed E-state index contributed by atoms with van der Waals surface area (Å²) in [6, 6.07) is 30.2. The van der Waals surface area contributed by atoms with E-state index in [4.69, 9.17) is 9.40 Å². The molecule has 7 rings (SSSR count). The van der Waals surface area contributed by atoms with Crippen LogP contribution in [0.4, 0.5) is 11.4 Å². The maximum absolute atomic E-state index is 6.23. The number of fused-ring (bicyclic) bond motifs is 9. The van der Waals surface area contributed by atoms with Gasteiger partial charge in [-0.05, 0) is 71.0 Å². The van der Waals surface area contributed by atoms with Crippen molar-refractivity contribution in [3.8, 4) is 33.5 Å². The molecule has 37 heavy (non-hydrogen) atoms. The van der Waals surface area contributed by atoms with Crippen molar-refractivity contribution in [3.63, 3.8) is 0 Å². The molecule has 3 heteroatoms. The summed E-state index contributed by atoms with van der Waals surface area (Å²) >= 11 is 0. The fourth-order valence-electron chi connectivity index (χ4n) is 5.55. The van der Waals surface area contributed by atoms with E-state index in [9.17, 15) is 0 Å². The van der Waals surface area contributed by atoms with Gasteiger partial charge in [-0.25, -0.2) is 0 Å². The quantitative estimate of drug-likeness (QED) is 0.254. The zero-order chi connectivity index (χ0) is 25.3. The average Bonchev–Trinajstić information content (AvgIpc) is 3.26. The lowest BCUT2D eigenvalue weighted by atomic mass is 9.86. The monoisotopic (exact) mass is 480 g/mol. The highest BCUT2D eigenvalue weighted by Gasteiger charge is 2.21. The Bertz CT molecular complexity index is 1850. The molecular weight excluding hydrogens is 452 g/mol. The lowest BCUT2D eigenvalue weighted by molar-refractivity contribution is 0.589. The van der Waals surface area contributed by atoms with Gasteiger partial charge in [0.2, 0.25) is 0 Å². The molecule has 0 spiro atoms. The summed E-state index contributed by atoms with van der Waals surface area (Å²) in [5.41, 5.74) is 13.5. The van der Waals surface area contributed by atoms with E-state index in [1.807, 2.05) is 18.3 Å². The van der Waals surface area contributed by atoms with Gasteiger partial charge in [0.1, 0.15) is 11.2 Å². The standard InChI is InChI=1S/C34H28N2O/c1-20-23-9-7-10-24(20)27-18-28-25-8-5-6-11-32(25)37-33(28)19-31(27)36-29-13-12-21(16-26(23)29)30-17-22(14-15-35-30)34(2,3)4/h5-19,36H,1-4H3. The first kappa shape index (κ1) is 21.9. The molecule has 0 radical (unpaired) electrons. The van der Waals surface area contributed by atoms with E-state index in [1.165, 1.54) is 33.4 Å². The molecule has 0 amide bonds. The second-order valence-electron chi connectivity index (χ2n) is 11.0. The summed E-state index contributed by atoms with van der Waals surface area (Å²) in [4.78, 5) is 4.73.